The highest BCUT2D eigenvalue weighted by Crippen LogP contribution is 2.31. The number of hydrogen-bond acceptors (Lipinski definition) is 3. The molecular formula is C16H14N4. The zero-order valence-electron chi connectivity index (χ0n) is 11.4. The lowest BCUT2D eigenvalue weighted by molar-refractivity contribution is 1.21. The summed E-state index contributed by atoms with van der Waals surface area (Å²) in [5, 5.41) is 0. The molecule has 98 valence electrons. The molecule has 0 radical (unpaired) electrons. The topological polar surface area (TPSA) is 53.9 Å². The molecule has 0 bridgehead atoms. The van der Waals surface area contributed by atoms with E-state index < -0.39 is 0 Å². The van der Waals surface area contributed by atoms with Crippen LogP contribution in [0, 0.1) is 6.92 Å². The maximum Gasteiger partial charge on any atom is 0.157 e. The number of rotatable bonds is 1. The van der Waals surface area contributed by atoms with Crippen LogP contribution in [0.5, 0.6) is 0 Å². The van der Waals surface area contributed by atoms with Gasteiger partial charge in [-0.1, -0.05) is 6.07 Å². The van der Waals surface area contributed by atoms with Gasteiger partial charge < -0.3 is 4.98 Å². The van der Waals surface area contributed by atoms with Crippen molar-refractivity contribution in [3.05, 3.63) is 41.6 Å². The zero-order valence-corrected chi connectivity index (χ0v) is 11.4. The molecule has 0 amide bonds. The molecule has 3 heterocycles. The Kier molecular flexibility index (Phi) is 2.27. The molecule has 0 unspecified atom stereocenters. The van der Waals surface area contributed by atoms with E-state index in [1.165, 1.54) is 5.56 Å². The molecule has 0 fully saturated rings. The molecule has 0 spiro atoms. The zero-order chi connectivity index (χ0) is 13.7. The van der Waals surface area contributed by atoms with Crippen LogP contribution < -0.4 is 0 Å². The Labute approximate surface area is 116 Å². The van der Waals surface area contributed by atoms with Crippen molar-refractivity contribution >= 4 is 22.4 Å². The predicted octanol–water partition coefficient (Wildman–Crippen LogP) is 3.58. The Morgan fingerprint density at radius 1 is 1.15 bits per heavy atom. The first-order valence-corrected chi connectivity index (χ1v) is 6.69. The van der Waals surface area contributed by atoms with Gasteiger partial charge >= 0.3 is 0 Å². The number of aryl methyl sites for hydroxylation is 1. The van der Waals surface area contributed by atoms with Crippen LogP contribution >= 0.6 is 0 Å². The van der Waals surface area contributed by atoms with E-state index in [-0.39, 0.29) is 0 Å². The molecule has 1 N–H and O–H groups in total. The number of aromatic nitrogens is 3. The van der Waals surface area contributed by atoms with Crippen molar-refractivity contribution in [1.82, 2.24) is 15.0 Å². The van der Waals surface area contributed by atoms with Crippen molar-refractivity contribution in [2.45, 2.75) is 20.3 Å². The molecule has 0 aliphatic carbocycles. The van der Waals surface area contributed by atoms with Crippen molar-refractivity contribution in [3.8, 4) is 11.5 Å². The molecule has 4 rings (SSSR count). The molecule has 1 aromatic carbocycles. The normalized spacial score (nSPS) is 13.6. The maximum absolute atomic E-state index is 4.63. The summed E-state index contributed by atoms with van der Waals surface area (Å²) in [5.74, 6) is 0.810. The summed E-state index contributed by atoms with van der Waals surface area (Å²) in [7, 11) is 0. The number of nitrogens with zero attached hydrogens (tertiary/aromatic N) is 3. The van der Waals surface area contributed by atoms with Crippen LogP contribution in [-0.2, 0) is 6.42 Å². The third-order valence-corrected chi connectivity index (χ3v) is 3.59. The van der Waals surface area contributed by atoms with E-state index in [2.05, 4.69) is 39.0 Å². The fourth-order valence-electron chi connectivity index (χ4n) is 2.59. The molecule has 0 saturated heterocycles. The molecule has 2 aromatic heterocycles. The minimum atomic E-state index is 0.810. The van der Waals surface area contributed by atoms with Crippen LogP contribution in [-0.4, -0.2) is 20.7 Å². The van der Waals surface area contributed by atoms with Gasteiger partial charge in [-0.15, -0.1) is 0 Å². The molecular weight excluding hydrogens is 248 g/mol. The second kappa shape index (κ2) is 4.00. The first-order chi connectivity index (χ1) is 9.69. The molecule has 0 saturated carbocycles. The lowest BCUT2D eigenvalue weighted by atomic mass is 10.1. The molecule has 1 aliphatic rings. The average Bonchev–Trinajstić information content (AvgIpc) is 2.97. The first-order valence-electron chi connectivity index (χ1n) is 6.69. The van der Waals surface area contributed by atoms with E-state index in [9.17, 15) is 0 Å². The molecule has 20 heavy (non-hydrogen) atoms. The van der Waals surface area contributed by atoms with E-state index in [4.69, 9.17) is 0 Å². The van der Waals surface area contributed by atoms with E-state index in [0.29, 0.717) is 0 Å². The summed E-state index contributed by atoms with van der Waals surface area (Å²) in [6, 6.07) is 8.23. The van der Waals surface area contributed by atoms with Gasteiger partial charge in [0.2, 0.25) is 0 Å². The van der Waals surface area contributed by atoms with E-state index in [0.717, 1.165) is 45.9 Å². The number of aromatic amines is 1. The Morgan fingerprint density at radius 2 is 2.05 bits per heavy atom. The second-order valence-electron chi connectivity index (χ2n) is 5.33. The SMILES string of the molecule is CC1=Nc2cc3nc(-c4ccc(C)cn4)[nH]c3cc2C1. The fraction of sp³-hybridized carbons (Fsp3) is 0.188. The van der Waals surface area contributed by atoms with Crippen molar-refractivity contribution < 1.29 is 0 Å². The van der Waals surface area contributed by atoms with Gasteiger partial charge in [0, 0.05) is 18.3 Å². The Hall–Kier alpha value is -2.49. The summed E-state index contributed by atoms with van der Waals surface area (Å²) in [6.45, 7) is 4.09. The van der Waals surface area contributed by atoms with Crippen LogP contribution in [0.15, 0.2) is 35.5 Å². The lowest BCUT2D eigenvalue weighted by Gasteiger charge is -1.96. The van der Waals surface area contributed by atoms with Crippen LogP contribution in [0.2, 0.25) is 0 Å². The number of benzene rings is 1. The van der Waals surface area contributed by atoms with Gasteiger partial charge in [-0.2, -0.15) is 0 Å². The number of hydrogen-bond donors (Lipinski definition) is 1. The number of nitrogens with one attached hydrogen (secondary N) is 1. The van der Waals surface area contributed by atoms with Crippen molar-refractivity contribution in [2.75, 3.05) is 0 Å². The van der Waals surface area contributed by atoms with Crippen LogP contribution in [0.1, 0.15) is 18.1 Å². The quantitative estimate of drug-likeness (QED) is 0.728. The lowest BCUT2D eigenvalue weighted by Crippen LogP contribution is -1.88. The highest BCUT2D eigenvalue weighted by molar-refractivity contribution is 5.95. The van der Waals surface area contributed by atoms with Crippen molar-refractivity contribution in [3.63, 3.8) is 0 Å². The monoisotopic (exact) mass is 262 g/mol. The number of pyridine rings is 1. The summed E-state index contributed by atoms with van der Waals surface area (Å²) in [6.07, 6.45) is 2.79. The van der Waals surface area contributed by atoms with Crippen molar-refractivity contribution in [1.29, 1.82) is 0 Å². The Bertz CT molecular complexity index is 841. The average molecular weight is 262 g/mol. The summed E-state index contributed by atoms with van der Waals surface area (Å²) in [5.41, 5.74) is 7.48. The summed E-state index contributed by atoms with van der Waals surface area (Å²) >= 11 is 0. The minimum absolute atomic E-state index is 0.810. The van der Waals surface area contributed by atoms with Gasteiger partial charge in [-0.3, -0.25) is 9.98 Å². The van der Waals surface area contributed by atoms with Crippen LogP contribution in [0.4, 0.5) is 5.69 Å². The Morgan fingerprint density at radius 3 is 2.85 bits per heavy atom. The second-order valence-corrected chi connectivity index (χ2v) is 5.33. The van der Waals surface area contributed by atoms with E-state index in [1.54, 1.807) is 0 Å². The smallest absolute Gasteiger partial charge is 0.157 e. The number of fused-ring (bicyclic) bond motifs is 2. The number of H-pyrrole nitrogens is 1. The molecule has 4 nitrogen and oxygen atoms in total. The standard InChI is InChI=1S/C16H14N4/c1-9-3-4-12(17-8-9)16-19-14-6-11-5-10(2)18-13(11)7-15(14)20-16/h3-4,6-8H,5H2,1-2H3,(H,19,20). The minimum Gasteiger partial charge on any atom is -0.337 e. The first kappa shape index (κ1) is 11.3. The Balaban J connectivity index is 1.85. The summed E-state index contributed by atoms with van der Waals surface area (Å²) < 4.78 is 0. The van der Waals surface area contributed by atoms with E-state index >= 15 is 0 Å². The van der Waals surface area contributed by atoms with Crippen LogP contribution in [0.25, 0.3) is 22.6 Å². The predicted molar refractivity (Wildman–Crippen MR) is 80.5 cm³/mol. The van der Waals surface area contributed by atoms with Gasteiger partial charge in [-0.05, 0) is 43.2 Å². The molecule has 1 aliphatic heterocycles. The third-order valence-electron chi connectivity index (χ3n) is 3.59. The van der Waals surface area contributed by atoms with Crippen LogP contribution in [0.3, 0.4) is 0 Å². The highest BCUT2D eigenvalue weighted by Gasteiger charge is 2.15. The van der Waals surface area contributed by atoms with Gasteiger partial charge in [-0.25, -0.2) is 4.98 Å². The van der Waals surface area contributed by atoms with Gasteiger partial charge in [0.05, 0.1) is 16.7 Å². The highest BCUT2D eigenvalue weighted by atomic mass is 15.0. The van der Waals surface area contributed by atoms with Gasteiger partial charge in [0.1, 0.15) is 5.69 Å². The number of imidazole rings is 1. The largest absolute Gasteiger partial charge is 0.337 e. The number of aliphatic imine (C=N–C) groups is 1. The van der Waals surface area contributed by atoms with E-state index in [1.807, 2.05) is 25.3 Å². The molecule has 3 aromatic rings. The third kappa shape index (κ3) is 1.72. The van der Waals surface area contributed by atoms with Gasteiger partial charge in [0.25, 0.3) is 0 Å². The van der Waals surface area contributed by atoms with Crippen molar-refractivity contribution in [2.24, 2.45) is 4.99 Å². The van der Waals surface area contributed by atoms with Gasteiger partial charge in [0.15, 0.2) is 5.82 Å². The maximum atomic E-state index is 4.63. The fourth-order valence-corrected chi connectivity index (χ4v) is 2.59. The summed E-state index contributed by atoms with van der Waals surface area (Å²) in [4.78, 5) is 16.9. The molecule has 0 atom stereocenters. The molecule has 4 heteroatoms.